The van der Waals surface area contributed by atoms with Gasteiger partial charge in [0.15, 0.2) is 11.5 Å². The lowest BCUT2D eigenvalue weighted by Crippen LogP contribution is -2.31. The van der Waals surface area contributed by atoms with Crippen LogP contribution >= 0.6 is 11.3 Å². The Balaban J connectivity index is 1.85. The second-order valence-corrected chi connectivity index (χ2v) is 7.50. The van der Waals surface area contributed by atoms with Crippen LogP contribution in [-0.2, 0) is 13.0 Å². The number of rotatable bonds is 5. The summed E-state index contributed by atoms with van der Waals surface area (Å²) in [5.74, 6) is -0.115. The molecule has 2 N–H and O–H groups in total. The van der Waals surface area contributed by atoms with E-state index in [1.165, 1.54) is 16.9 Å². The Hall–Kier alpha value is -2.53. The van der Waals surface area contributed by atoms with Gasteiger partial charge in [0.05, 0.1) is 9.20 Å². The summed E-state index contributed by atoms with van der Waals surface area (Å²) in [6.45, 7) is 6.55. The van der Waals surface area contributed by atoms with E-state index in [4.69, 9.17) is 0 Å². The van der Waals surface area contributed by atoms with Crippen molar-refractivity contribution in [1.82, 2.24) is 4.57 Å². The maximum absolute atomic E-state index is 12.7. The molecule has 2 aromatic rings. The van der Waals surface area contributed by atoms with E-state index in [1.807, 2.05) is 18.2 Å². The Morgan fingerprint density at radius 2 is 2.00 bits per heavy atom. The lowest BCUT2D eigenvalue weighted by Gasteiger charge is -2.14. The quantitative estimate of drug-likeness (QED) is 0.851. The zero-order valence-electron chi connectivity index (χ0n) is 14.9. The first-order chi connectivity index (χ1) is 12.5. The van der Waals surface area contributed by atoms with Crippen LogP contribution in [-0.4, -0.2) is 14.8 Å². The number of aryl methyl sites for hydroxylation is 1. The van der Waals surface area contributed by atoms with Gasteiger partial charge in [0.2, 0.25) is 0 Å². The predicted molar refractivity (Wildman–Crippen MR) is 107 cm³/mol. The minimum atomic E-state index is -0.0664. The van der Waals surface area contributed by atoms with Gasteiger partial charge in [-0.2, -0.15) is 0 Å². The highest BCUT2D eigenvalue weighted by atomic mass is 32.1. The van der Waals surface area contributed by atoms with Crippen molar-refractivity contribution in [3.8, 4) is 0 Å². The van der Waals surface area contributed by atoms with Crippen molar-refractivity contribution in [3.05, 3.63) is 78.1 Å². The number of aromatic nitrogens is 1. The minimum absolute atomic E-state index is 0.0482. The molecule has 0 aliphatic heterocycles. The molecule has 1 aromatic heterocycles. The van der Waals surface area contributed by atoms with Crippen LogP contribution in [0.5, 0.6) is 0 Å². The summed E-state index contributed by atoms with van der Waals surface area (Å²) < 4.78 is 3.00. The van der Waals surface area contributed by atoms with Crippen LogP contribution in [0.2, 0.25) is 0 Å². The highest BCUT2D eigenvalue weighted by Crippen LogP contribution is 2.24. The van der Waals surface area contributed by atoms with Crippen molar-refractivity contribution >= 4 is 24.0 Å². The van der Waals surface area contributed by atoms with Gasteiger partial charge < -0.3 is 10.2 Å². The molecule has 0 saturated heterocycles. The molecule has 136 valence electrons. The molecule has 0 saturated carbocycles. The molecule has 0 spiro atoms. The molecule has 1 aliphatic carbocycles. The molecule has 1 aromatic carbocycles. The minimum Gasteiger partial charge on any atom is -0.504 e. The second-order valence-electron chi connectivity index (χ2n) is 6.39. The lowest BCUT2D eigenvalue weighted by atomic mass is 9.99. The van der Waals surface area contributed by atoms with E-state index in [-0.39, 0.29) is 17.1 Å². The van der Waals surface area contributed by atoms with Crippen molar-refractivity contribution in [3.63, 3.8) is 0 Å². The first-order valence-electron chi connectivity index (χ1n) is 8.79. The van der Waals surface area contributed by atoms with Crippen LogP contribution in [0.15, 0.2) is 52.2 Å². The summed E-state index contributed by atoms with van der Waals surface area (Å²) in [7, 11) is 0. The van der Waals surface area contributed by atoms with Crippen molar-refractivity contribution in [1.29, 1.82) is 0 Å². The molecule has 3 rings (SSSR count). The number of benzene rings is 1. The third-order valence-electron chi connectivity index (χ3n) is 4.67. The first-order valence-corrected chi connectivity index (χ1v) is 9.61. The number of aliphatic hydroxyl groups is 2. The standard InChI is InChI=1S/C21H23NO3S/c1-3-15-7-9-16(10-8-15)13-19-21(25)22(14(2)26-19)12-11-17-5-4-6-18(23)20(17)24/h6-10,13,23-24H,2-5,11-12H2,1H3/b19-13-. The largest absolute Gasteiger partial charge is 0.504 e. The van der Waals surface area contributed by atoms with Gasteiger partial charge in [0.1, 0.15) is 0 Å². The van der Waals surface area contributed by atoms with E-state index in [2.05, 4.69) is 25.6 Å². The van der Waals surface area contributed by atoms with Gasteiger partial charge in [-0.25, -0.2) is 0 Å². The summed E-state index contributed by atoms with van der Waals surface area (Å²) >= 11 is 1.38. The maximum atomic E-state index is 12.7. The number of hydrogen-bond donors (Lipinski definition) is 2. The number of aliphatic hydroxyl groups excluding tert-OH is 2. The van der Waals surface area contributed by atoms with Gasteiger partial charge in [0.25, 0.3) is 5.56 Å². The Labute approximate surface area is 156 Å². The molecule has 5 heteroatoms. The van der Waals surface area contributed by atoms with Gasteiger partial charge in [0, 0.05) is 6.54 Å². The van der Waals surface area contributed by atoms with Crippen LogP contribution in [0.1, 0.15) is 37.3 Å². The average molecular weight is 369 g/mol. The molecular formula is C21H23NO3S. The fourth-order valence-electron chi connectivity index (χ4n) is 3.06. The maximum Gasteiger partial charge on any atom is 0.269 e. The summed E-state index contributed by atoms with van der Waals surface area (Å²) in [5, 5.41) is 19.6. The Kier molecular flexibility index (Phi) is 5.47. The lowest BCUT2D eigenvalue weighted by molar-refractivity contribution is 0.311. The van der Waals surface area contributed by atoms with E-state index in [1.54, 1.807) is 10.6 Å². The van der Waals surface area contributed by atoms with Crippen molar-refractivity contribution in [2.75, 3.05) is 0 Å². The van der Waals surface area contributed by atoms with Gasteiger partial charge in [-0.3, -0.25) is 9.36 Å². The zero-order chi connectivity index (χ0) is 18.7. The monoisotopic (exact) mass is 369 g/mol. The summed E-state index contributed by atoms with van der Waals surface area (Å²) in [4.78, 5) is 12.7. The SMILES string of the molecule is C=c1s/c(=C\c2ccc(CC)cc2)c(=O)n1CCC1=C(O)C(O)=CCC1. The number of hydrogen-bond acceptors (Lipinski definition) is 4. The van der Waals surface area contributed by atoms with Gasteiger partial charge >= 0.3 is 0 Å². The Bertz CT molecular complexity index is 1020. The Morgan fingerprint density at radius 3 is 2.69 bits per heavy atom. The fraction of sp³-hybridized carbons (Fsp3) is 0.286. The second kappa shape index (κ2) is 7.79. The molecule has 0 radical (unpaired) electrons. The zero-order valence-corrected chi connectivity index (χ0v) is 15.7. The van der Waals surface area contributed by atoms with Crippen LogP contribution in [0.4, 0.5) is 0 Å². The summed E-state index contributed by atoms with van der Waals surface area (Å²) in [5.41, 5.74) is 2.98. The summed E-state index contributed by atoms with van der Waals surface area (Å²) in [6.07, 6.45) is 6.41. The van der Waals surface area contributed by atoms with Crippen LogP contribution in [0, 0.1) is 0 Å². The fourth-order valence-corrected chi connectivity index (χ4v) is 3.99. The van der Waals surface area contributed by atoms with Gasteiger partial charge in [-0.1, -0.05) is 37.8 Å². The van der Waals surface area contributed by atoms with Crippen molar-refractivity contribution in [2.45, 2.75) is 39.2 Å². The molecule has 1 heterocycles. The average Bonchev–Trinajstić information content (AvgIpc) is 2.90. The Morgan fingerprint density at radius 1 is 1.27 bits per heavy atom. The van der Waals surface area contributed by atoms with Crippen LogP contribution in [0.25, 0.3) is 12.7 Å². The van der Waals surface area contributed by atoms with Crippen LogP contribution in [0.3, 0.4) is 0 Å². The third-order valence-corrected chi connectivity index (χ3v) is 5.64. The number of allylic oxidation sites excluding steroid dienone is 2. The molecule has 0 bridgehead atoms. The smallest absolute Gasteiger partial charge is 0.269 e. The molecule has 0 unspecified atom stereocenters. The summed E-state index contributed by atoms with van der Waals surface area (Å²) in [6, 6.07) is 8.18. The van der Waals surface area contributed by atoms with E-state index in [0.717, 1.165) is 17.6 Å². The molecule has 0 atom stereocenters. The van der Waals surface area contributed by atoms with Crippen molar-refractivity contribution in [2.24, 2.45) is 0 Å². The molecular weight excluding hydrogens is 346 g/mol. The van der Waals surface area contributed by atoms with E-state index in [9.17, 15) is 15.0 Å². The molecule has 0 amide bonds. The molecule has 1 aliphatic rings. The van der Waals surface area contributed by atoms with E-state index >= 15 is 0 Å². The van der Waals surface area contributed by atoms with Crippen molar-refractivity contribution < 1.29 is 10.2 Å². The van der Waals surface area contributed by atoms with Gasteiger partial charge in [-0.15, -0.1) is 11.3 Å². The third kappa shape index (κ3) is 3.83. The highest BCUT2D eigenvalue weighted by Gasteiger charge is 2.15. The normalized spacial score (nSPS) is 15.4. The van der Waals surface area contributed by atoms with E-state index in [0.29, 0.717) is 35.0 Å². The van der Waals surface area contributed by atoms with E-state index < -0.39 is 0 Å². The number of thiazole rings is 1. The van der Waals surface area contributed by atoms with Gasteiger partial charge in [-0.05, 0) is 54.5 Å². The number of nitrogens with zero attached hydrogens (tertiary/aromatic N) is 1. The topological polar surface area (TPSA) is 62.5 Å². The highest BCUT2D eigenvalue weighted by molar-refractivity contribution is 7.07. The molecule has 26 heavy (non-hydrogen) atoms. The van der Waals surface area contributed by atoms with Crippen LogP contribution < -0.4 is 14.8 Å². The molecule has 4 nitrogen and oxygen atoms in total. The first kappa shape index (κ1) is 18.3. The molecule has 0 fully saturated rings. The predicted octanol–water partition coefficient (Wildman–Crippen LogP) is 3.15.